The summed E-state index contributed by atoms with van der Waals surface area (Å²) < 4.78 is 0. The minimum Gasteiger partial charge on any atom is -0.351 e. The summed E-state index contributed by atoms with van der Waals surface area (Å²) in [5.74, 6) is -0.116. The van der Waals surface area contributed by atoms with Gasteiger partial charge in [-0.2, -0.15) is 0 Å². The van der Waals surface area contributed by atoms with Crippen molar-refractivity contribution in [1.29, 1.82) is 0 Å². The van der Waals surface area contributed by atoms with Crippen LogP contribution in [0.3, 0.4) is 0 Å². The summed E-state index contributed by atoms with van der Waals surface area (Å²) >= 11 is 0. The zero-order chi connectivity index (χ0) is 11.4. The van der Waals surface area contributed by atoms with Crippen LogP contribution < -0.4 is 11.1 Å². The van der Waals surface area contributed by atoms with Gasteiger partial charge in [-0.05, 0) is 31.9 Å². The van der Waals surface area contributed by atoms with Gasteiger partial charge in [-0.25, -0.2) is 0 Å². The summed E-state index contributed by atoms with van der Waals surface area (Å²) in [6.45, 7) is 6.32. The molecular formula is C12H19ClN2O. The number of hydrogen-bond acceptors (Lipinski definition) is 2. The van der Waals surface area contributed by atoms with Crippen LogP contribution in [-0.4, -0.2) is 11.9 Å². The second kappa shape index (κ2) is 6.51. The number of rotatable bonds is 3. The first-order valence-electron chi connectivity index (χ1n) is 5.10. The SMILES string of the molecule is Cc1ccc(CNC(=O)[C@@H](C)N)c(C)c1.Cl. The van der Waals surface area contributed by atoms with E-state index in [1.165, 1.54) is 11.1 Å². The summed E-state index contributed by atoms with van der Waals surface area (Å²) in [7, 11) is 0. The summed E-state index contributed by atoms with van der Waals surface area (Å²) in [4.78, 5) is 11.3. The van der Waals surface area contributed by atoms with Crippen molar-refractivity contribution < 1.29 is 4.79 Å². The minimum atomic E-state index is -0.448. The molecule has 1 amide bonds. The molecule has 0 bridgehead atoms. The largest absolute Gasteiger partial charge is 0.351 e. The van der Waals surface area contributed by atoms with Gasteiger partial charge in [0.15, 0.2) is 0 Å². The maximum atomic E-state index is 11.3. The van der Waals surface area contributed by atoms with Gasteiger partial charge < -0.3 is 11.1 Å². The first kappa shape index (κ1) is 14.9. The normalized spacial score (nSPS) is 11.5. The van der Waals surface area contributed by atoms with Crippen molar-refractivity contribution in [2.75, 3.05) is 0 Å². The Morgan fingerprint density at radius 3 is 2.56 bits per heavy atom. The van der Waals surface area contributed by atoms with Gasteiger partial charge in [0.2, 0.25) is 5.91 Å². The highest BCUT2D eigenvalue weighted by molar-refractivity contribution is 5.85. The third-order valence-electron chi connectivity index (χ3n) is 2.36. The molecule has 0 fully saturated rings. The van der Waals surface area contributed by atoms with Crippen molar-refractivity contribution in [2.45, 2.75) is 33.4 Å². The second-order valence-electron chi connectivity index (χ2n) is 3.94. The molecule has 16 heavy (non-hydrogen) atoms. The fraction of sp³-hybridized carbons (Fsp3) is 0.417. The van der Waals surface area contributed by atoms with Gasteiger partial charge in [-0.3, -0.25) is 4.79 Å². The first-order chi connectivity index (χ1) is 7.00. The highest BCUT2D eigenvalue weighted by atomic mass is 35.5. The number of halogens is 1. The molecule has 0 radical (unpaired) electrons. The lowest BCUT2D eigenvalue weighted by Gasteiger charge is -2.10. The van der Waals surface area contributed by atoms with E-state index in [1.807, 2.05) is 19.1 Å². The quantitative estimate of drug-likeness (QED) is 0.848. The Morgan fingerprint density at radius 2 is 2.06 bits per heavy atom. The molecule has 90 valence electrons. The first-order valence-corrected chi connectivity index (χ1v) is 5.10. The van der Waals surface area contributed by atoms with E-state index in [4.69, 9.17) is 5.73 Å². The monoisotopic (exact) mass is 242 g/mol. The van der Waals surface area contributed by atoms with E-state index in [1.54, 1.807) is 6.92 Å². The third-order valence-corrected chi connectivity index (χ3v) is 2.36. The fourth-order valence-corrected chi connectivity index (χ4v) is 1.39. The van der Waals surface area contributed by atoms with Gasteiger partial charge >= 0.3 is 0 Å². The predicted octanol–water partition coefficient (Wildman–Crippen LogP) is 1.69. The molecule has 0 saturated carbocycles. The van der Waals surface area contributed by atoms with Crippen molar-refractivity contribution in [3.05, 3.63) is 34.9 Å². The van der Waals surface area contributed by atoms with Crippen LogP contribution in [0.5, 0.6) is 0 Å². The number of nitrogens with one attached hydrogen (secondary N) is 1. The van der Waals surface area contributed by atoms with Crippen LogP contribution in [0.2, 0.25) is 0 Å². The van der Waals surface area contributed by atoms with Crippen molar-refractivity contribution in [3.8, 4) is 0 Å². The average molecular weight is 243 g/mol. The minimum absolute atomic E-state index is 0. The zero-order valence-corrected chi connectivity index (χ0v) is 10.7. The molecule has 0 spiro atoms. The topological polar surface area (TPSA) is 55.1 Å². The van der Waals surface area contributed by atoms with Gasteiger partial charge in [0.1, 0.15) is 0 Å². The number of hydrogen-bond donors (Lipinski definition) is 2. The number of benzene rings is 1. The van der Waals surface area contributed by atoms with E-state index in [0.29, 0.717) is 6.54 Å². The molecule has 0 unspecified atom stereocenters. The molecule has 0 aliphatic heterocycles. The van der Waals surface area contributed by atoms with Crippen LogP contribution in [0.25, 0.3) is 0 Å². The van der Waals surface area contributed by atoms with Crippen molar-refractivity contribution in [1.82, 2.24) is 5.32 Å². The summed E-state index contributed by atoms with van der Waals surface area (Å²) in [6.07, 6.45) is 0. The van der Waals surface area contributed by atoms with Crippen LogP contribution in [0.15, 0.2) is 18.2 Å². The number of aryl methyl sites for hydroxylation is 2. The van der Waals surface area contributed by atoms with Crippen molar-refractivity contribution >= 4 is 18.3 Å². The van der Waals surface area contributed by atoms with Gasteiger partial charge in [0.05, 0.1) is 6.04 Å². The molecule has 1 rings (SSSR count). The molecule has 0 aliphatic rings. The molecule has 0 saturated heterocycles. The van der Waals surface area contributed by atoms with Gasteiger partial charge in [-0.15, -0.1) is 12.4 Å². The van der Waals surface area contributed by atoms with Crippen molar-refractivity contribution in [3.63, 3.8) is 0 Å². The van der Waals surface area contributed by atoms with Crippen LogP contribution in [0.4, 0.5) is 0 Å². The van der Waals surface area contributed by atoms with E-state index >= 15 is 0 Å². The maximum Gasteiger partial charge on any atom is 0.236 e. The number of carbonyl (C=O) groups is 1. The maximum absolute atomic E-state index is 11.3. The molecule has 0 aliphatic carbocycles. The van der Waals surface area contributed by atoms with Crippen molar-refractivity contribution in [2.24, 2.45) is 5.73 Å². The van der Waals surface area contributed by atoms with E-state index < -0.39 is 6.04 Å². The molecular weight excluding hydrogens is 224 g/mol. The van der Waals surface area contributed by atoms with E-state index in [-0.39, 0.29) is 18.3 Å². The lowest BCUT2D eigenvalue weighted by molar-refractivity contribution is -0.122. The smallest absolute Gasteiger partial charge is 0.236 e. The summed E-state index contributed by atoms with van der Waals surface area (Å²) in [5, 5.41) is 2.79. The molecule has 3 N–H and O–H groups in total. The molecule has 1 atom stereocenters. The molecule has 0 heterocycles. The standard InChI is InChI=1S/C12H18N2O.ClH/c1-8-4-5-11(9(2)6-8)7-14-12(15)10(3)13;/h4-6,10H,7,13H2,1-3H3,(H,14,15);1H/t10-;/m1./s1. The summed E-state index contributed by atoms with van der Waals surface area (Å²) in [5.41, 5.74) is 9.01. The van der Waals surface area contributed by atoms with Gasteiger partial charge in [0.25, 0.3) is 0 Å². The Morgan fingerprint density at radius 1 is 1.44 bits per heavy atom. The lowest BCUT2D eigenvalue weighted by Crippen LogP contribution is -2.37. The van der Waals surface area contributed by atoms with Crippen LogP contribution in [-0.2, 0) is 11.3 Å². The van der Waals surface area contributed by atoms with Crippen LogP contribution >= 0.6 is 12.4 Å². The number of carbonyl (C=O) groups excluding carboxylic acids is 1. The summed E-state index contributed by atoms with van der Waals surface area (Å²) in [6, 6.07) is 5.73. The molecule has 1 aromatic rings. The van der Waals surface area contributed by atoms with E-state index in [9.17, 15) is 4.79 Å². The fourth-order valence-electron chi connectivity index (χ4n) is 1.39. The highest BCUT2D eigenvalue weighted by Gasteiger charge is 2.06. The third kappa shape index (κ3) is 4.21. The van der Waals surface area contributed by atoms with Gasteiger partial charge in [0, 0.05) is 6.54 Å². The molecule has 0 aromatic heterocycles. The Labute approximate surface area is 103 Å². The zero-order valence-electron chi connectivity index (χ0n) is 9.91. The number of amides is 1. The molecule has 1 aromatic carbocycles. The number of nitrogens with two attached hydrogens (primary N) is 1. The Balaban J connectivity index is 0.00000225. The molecule has 3 nitrogen and oxygen atoms in total. The lowest BCUT2D eigenvalue weighted by atomic mass is 10.1. The second-order valence-corrected chi connectivity index (χ2v) is 3.94. The highest BCUT2D eigenvalue weighted by Crippen LogP contribution is 2.09. The van der Waals surface area contributed by atoms with E-state index in [2.05, 4.69) is 18.3 Å². The Bertz CT molecular complexity index is 364. The Kier molecular flexibility index (Phi) is 6.08. The van der Waals surface area contributed by atoms with Gasteiger partial charge in [-0.1, -0.05) is 23.8 Å². The molecule has 4 heteroatoms. The predicted molar refractivity (Wildman–Crippen MR) is 68.7 cm³/mol. The van der Waals surface area contributed by atoms with E-state index in [0.717, 1.165) is 5.56 Å². The average Bonchev–Trinajstić information content (AvgIpc) is 2.15. The Hall–Kier alpha value is -1.06. The van der Waals surface area contributed by atoms with Crippen LogP contribution in [0, 0.1) is 13.8 Å². The van der Waals surface area contributed by atoms with Crippen LogP contribution in [0.1, 0.15) is 23.6 Å².